The van der Waals surface area contributed by atoms with E-state index < -0.39 is 23.4 Å². The van der Waals surface area contributed by atoms with Crippen molar-refractivity contribution in [3.63, 3.8) is 0 Å². The molecule has 0 atom stereocenters. The number of carbonyl (C=O) groups excluding carboxylic acids is 4. The van der Waals surface area contributed by atoms with Gasteiger partial charge < -0.3 is 39.1 Å². The summed E-state index contributed by atoms with van der Waals surface area (Å²) in [4.78, 5) is 50.0. The van der Waals surface area contributed by atoms with Crippen LogP contribution in [0.4, 0.5) is 9.59 Å². The zero-order valence-corrected chi connectivity index (χ0v) is 38.3. The number of ketones is 2. The summed E-state index contributed by atoms with van der Waals surface area (Å²) >= 11 is 0. The van der Waals surface area contributed by atoms with Gasteiger partial charge in [0.05, 0.1) is 32.7 Å². The molecule has 0 saturated carbocycles. The molecule has 2 amide bonds. The fraction of sp³-hybridized carbons (Fsp3) is 0.592. The molecule has 0 aliphatic heterocycles. The van der Waals surface area contributed by atoms with Gasteiger partial charge in [0.1, 0.15) is 47.4 Å². The highest BCUT2D eigenvalue weighted by molar-refractivity contribution is 6.11. The molecule has 340 valence electrons. The first-order valence-electron chi connectivity index (χ1n) is 22.2. The molecule has 0 unspecified atom stereocenters. The lowest BCUT2D eigenvalue weighted by Crippen LogP contribution is -2.34. The lowest BCUT2D eigenvalue weighted by Gasteiger charge is -2.19. The predicted molar refractivity (Wildman–Crippen MR) is 243 cm³/mol. The van der Waals surface area contributed by atoms with E-state index in [0.29, 0.717) is 47.3 Å². The number of unbranched alkanes of at least 4 members (excludes halogenated alkanes) is 10. The smallest absolute Gasteiger partial charge is 0.407 e. The summed E-state index contributed by atoms with van der Waals surface area (Å²) < 4.78 is 34.6. The van der Waals surface area contributed by atoms with Crippen molar-refractivity contribution in [2.24, 2.45) is 0 Å². The topological polar surface area (TPSA) is 148 Å². The zero-order valence-electron chi connectivity index (χ0n) is 38.3. The van der Waals surface area contributed by atoms with E-state index in [0.717, 1.165) is 38.5 Å². The fourth-order valence-electron chi connectivity index (χ4n) is 5.79. The van der Waals surface area contributed by atoms with Gasteiger partial charge in [-0.15, -0.1) is 0 Å². The van der Waals surface area contributed by atoms with Crippen molar-refractivity contribution in [2.45, 2.75) is 150 Å². The van der Waals surface area contributed by atoms with E-state index in [-0.39, 0.29) is 44.3 Å². The minimum absolute atomic E-state index is 0.221. The molecule has 12 nitrogen and oxygen atoms in total. The molecule has 0 aliphatic rings. The molecule has 2 aromatic rings. The average molecular weight is 851 g/mol. The van der Waals surface area contributed by atoms with Gasteiger partial charge in [-0.2, -0.15) is 0 Å². The Morgan fingerprint density at radius 2 is 0.885 bits per heavy atom. The minimum atomic E-state index is -0.593. The number of hydrogen-bond donors (Lipinski definition) is 2. The molecule has 0 aromatic heterocycles. The first-order valence-corrected chi connectivity index (χ1v) is 22.2. The predicted octanol–water partition coefficient (Wildman–Crippen LogP) is 11.2. The lowest BCUT2D eigenvalue weighted by atomic mass is 10.1. The standard InChI is InChI=1S/C49H74N2O10/c1-9-11-13-15-17-19-31-58-44-36-42(56-33-29-50-46(54)60-48(3,4)5)27-23-38(44)21-25-40(52)35-41(53)26-22-39-24-28-43(57-34-30-51-47(55)61-49(6,7)8)37-45(39)59-32-20-18-16-14-12-10-2/h21-28,36-37H,9-20,29-35H2,1-8H3,(H,50,54)(H,51,55). The molecule has 0 spiro atoms. The van der Waals surface area contributed by atoms with Gasteiger partial charge in [0, 0.05) is 23.3 Å². The van der Waals surface area contributed by atoms with Crippen molar-refractivity contribution in [1.29, 1.82) is 0 Å². The third-order valence-corrected chi connectivity index (χ3v) is 8.81. The molecule has 0 bridgehead atoms. The monoisotopic (exact) mass is 851 g/mol. The third-order valence-electron chi connectivity index (χ3n) is 8.81. The molecule has 61 heavy (non-hydrogen) atoms. The van der Waals surface area contributed by atoms with Crippen molar-refractivity contribution in [1.82, 2.24) is 10.6 Å². The Labute approximate surface area is 365 Å². The van der Waals surface area contributed by atoms with Crippen LogP contribution in [0, 0.1) is 0 Å². The van der Waals surface area contributed by atoms with Crippen molar-refractivity contribution in [2.75, 3.05) is 39.5 Å². The van der Waals surface area contributed by atoms with Crippen molar-refractivity contribution >= 4 is 35.9 Å². The Kier molecular flexibility index (Phi) is 25.0. The highest BCUT2D eigenvalue weighted by Crippen LogP contribution is 2.28. The van der Waals surface area contributed by atoms with E-state index in [1.807, 2.05) is 0 Å². The van der Waals surface area contributed by atoms with Crippen molar-refractivity contribution in [3.8, 4) is 23.0 Å². The van der Waals surface area contributed by atoms with Crippen LogP contribution in [0.15, 0.2) is 48.6 Å². The van der Waals surface area contributed by atoms with Crippen LogP contribution < -0.4 is 29.6 Å². The molecule has 0 aliphatic carbocycles. The van der Waals surface area contributed by atoms with Crippen LogP contribution in [-0.2, 0) is 19.1 Å². The van der Waals surface area contributed by atoms with Crippen LogP contribution >= 0.6 is 0 Å². The van der Waals surface area contributed by atoms with Crippen LogP contribution in [0.3, 0.4) is 0 Å². The minimum Gasteiger partial charge on any atom is -0.493 e. The summed E-state index contributed by atoms with van der Waals surface area (Å²) in [5.41, 5.74) is 0.169. The second-order valence-electron chi connectivity index (χ2n) is 17.0. The fourth-order valence-corrected chi connectivity index (χ4v) is 5.79. The first kappa shape index (κ1) is 52.1. The van der Waals surface area contributed by atoms with Crippen LogP contribution in [-0.4, -0.2) is 74.5 Å². The Morgan fingerprint density at radius 3 is 1.26 bits per heavy atom. The van der Waals surface area contributed by atoms with E-state index in [9.17, 15) is 19.2 Å². The van der Waals surface area contributed by atoms with Gasteiger partial charge >= 0.3 is 12.2 Å². The number of ether oxygens (including phenoxy) is 6. The van der Waals surface area contributed by atoms with E-state index in [2.05, 4.69) is 24.5 Å². The third kappa shape index (κ3) is 26.1. The molecule has 2 rings (SSSR count). The number of allylic oxidation sites excluding steroid dienone is 2. The van der Waals surface area contributed by atoms with Gasteiger partial charge in [-0.25, -0.2) is 9.59 Å². The Hall–Kier alpha value is -5.00. The van der Waals surface area contributed by atoms with E-state index >= 15 is 0 Å². The highest BCUT2D eigenvalue weighted by Gasteiger charge is 2.17. The van der Waals surface area contributed by atoms with Gasteiger partial charge in [0.2, 0.25) is 0 Å². The van der Waals surface area contributed by atoms with E-state index in [1.54, 1.807) is 90.1 Å². The number of nitrogens with one attached hydrogen (secondary N) is 2. The second-order valence-corrected chi connectivity index (χ2v) is 17.0. The number of amides is 2. The average Bonchev–Trinajstić information content (AvgIpc) is 3.18. The number of hydrogen-bond acceptors (Lipinski definition) is 10. The summed E-state index contributed by atoms with van der Waals surface area (Å²) in [6.07, 6.45) is 18.2. The SMILES string of the molecule is CCCCCCCCOc1cc(OCCNC(=O)OC(C)(C)C)ccc1C=CC(=O)CC(=O)C=Cc1ccc(OCCNC(=O)OC(C)(C)C)cc1OCCCCCCCC. The van der Waals surface area contributed by atoms with Gasteiger partial charge in [-0.3, -0.25) is 9.59 Å². The molecule has 0 radical (unpaired) electrons. The maximum absolute atomic E-state index is 13.0. The van der Waals surface area contributed by atoms with Crippen LogP contribution in [0.25, 0.3) is 12.2 Å². The largest absolute Gasteiger partial charge is 0.493 e. The maximum atomic E-state index is 13.0. The van der Waals surface area contributed by atoms with E-state index in [1.165, 1.54) is 50.7 Å². The van der Waals surface area contributed by atoms with E-state index in [4.69, 9.17) is 28.4 Å². The number of alkyl carbamates (subject to hydrolysis) is 2. The molecule has 0 fully saturated rings. The number of rotatable bonds is 30. The molecule has 12 heteroatoms. The Bertz CT molecular complexity index is 1550. The summed E-state index contributed by atoms with van der Waals surface area (Å²) in [6.45, 7) is 17.2. The summed E-state index contributed by atoms with van der Waals surface area (Å²) in [6, 6.07) is 10.7. The van der Waals surface area contributed by atoms with Crippen LogP contribution in [0.5, 0.6) is 23.0 Å². The summed E-state index contributed by atoms with van der Waals surface area (Å²) in [7, 11) is 0. The Balaban J connectivity index is 2.07. The molecular formula is C49H74N2O10. The molecule has 2 N–H and O–H groups in total. The van der Waals surface area contributed by atoms with Crippen molar-refractivity contribution < 1.29 is 47.6 Å². The summed E-state index contributed by atoms with van der Waals surface area (Å²) in [5.74, 6) is 1.51. The molecule has 0 heterocycles. The van der Waals surface area contributed by atoms with Crippen LogP contribution in [0.2, 0.25) is 0 Å². The summed E-state index contributed by atoms with van der Waals surface area (Å²) in [5, 5.41) is 5.36. The number of benzene rings is 2. The molecule has 0 saturated heterocycles. The zero-order chi connectivity index (χ0) is 44.9. The first-order chi connectivity index (χ1) is 29.1. The maximum Gasteiger partial charge on any atom is 0.407 e. The lowest BCUT2D eigenvalue weighted by molar-refractivity contribution is -0.121. The quantitative estimate of drug-likeness (QED) is 0.0442. The van der Waals surface area contributed by atoms with Gasteiger partial charge in [0.25, 0.3) is 0 Å². The van der Waals surface area contributed by atoms with Gasteiger partial charge in [-0.05, 0) is 103 Å². The highest BCUT2D eigenvalue weighted by atomic mass is 16.6. The van der Waals surface area contributed by atoms with Crippen molar-refractivity contribution in [3.05, 3.63) is 59.7 Å². The Morgan fingerprint density at radius 1 is 0.508 bits per heavy atom. The second kappa shape index (κ2) is 29.3. The van der Waals surface area contributed by atoms with Gasteiger partial charge in [-0.1, -0.05) is 78.1 Å². The number of carbonyl (C=O) groups is 4. The van der Waals surface area contributed by atoms with Gasteiger partial charge in [0.15, 0.2) is 11.6 Å². The normalized spacial score (nSPS) is 11.7. The van der Waals surface area contributed by atoms with Crippen LogP contribution in [0.1, 0.15) is 150 Å². The molecule has 2 aromatic carbocycles. The molecular weight excluding hydrogens is 777 g/mol.